The predicted octanol–water partition coefficient (Wildman–Crippen LogP) is 4.00. The van der Waals surface area contributed by atoms with E-state index in [0.29, 0.717) is 0 Å². The molecule has 3 rings (SSSR count). The SMILES string of the molecule is CCNC(c1cccnc1)c1csc2ccccc12. The third-order valence-corrected chi connectivity index (χ3v) is 4.23. The van der Waals surface area contributed by atoms with Gasteiger partial charge in [-0.15, -0.1) is 11.3 Å². The molecule has 0 aliphatic rings. The van der Waals surface area contributed by atoms with E-state index in [-0.39, 0.29) is 6.04 Å². The first-order valence-corrected chi connectivity index (χ1v) is 7.37. The van der Waals surface area contributed by atoms with Gasteiger partial charge in [-0.25, -0.2) is 0 Å². The highest BCUT2D eigenvalue weighted by atomic mass is 32.1. The monoisotopic (exact) mass is 268 g/mol. The van der Waals surface area contributed by atoms with Crippen molar-refractivity contribution < 1.29 is 0 Å². The number of aromatic nitrogens is 1. The third-order valence-electron chi connectivity index (χ3n) is 3.25. The Morgan fingerprint density at radius 2 is 2.11 bits per heavy atom. The van der Waals surface area contributed by atoms with Crippen LogP contribution >= 0.6 is 11.3 Å². The van der Waals surface area contributed by atoms with Gasteiger partial charge in [-0.2, -0.15) is 0 Å². The molecule has 2 nitrogen and oxygen atoms in total. The molecular formula is C16H16N2S. The average Bonchev–Trinajstić information content (AvgIpc) is 2.89. The minimum Gasteiger partial charge on any atom is -0.306 e. The maximum Gasteiger partial charge on any atom is 0.0606 e. The van der Waals surface area contributed by atoms with E-state index in [1.807, 2.05) is 18.5 Å². The van der Waals surface area contributed by atoms with Gasteiger partial charge in [0.05, 0.1) is 6.04 Å². The normalized spacial score (nSPS) is 12.7. The number of pyridine rings is 1. The average molecular weight is 268 g/mol. The van der Waals surface area contributed by atoms with E-state index in [1.165, 1.54) is 21.2 Å². The van der Waals surface area contributed by atoms with Crippen molar-refractivity contribution in [3.05, 3.63) is 65.3 Å². The second kappa shape index (κ2) is 5.51. The fourth-order valence-corrected chi connectivity index (χ4v) is 3.37. The largest absolute Gasteiger partial charge is 0.306 e. The third kappa shape index (κ3) is 2.39. The van der Waals surface area contributed by atoms with E-state index in [1.54, 1.807) is 11.3 Å². The summed E-state index contributed by atoms with van der Waals surface area (Å²) in [5, 5.41) is 7.15. The molecule has 3 heteroatoms. The van der Waals surface area contributed by atoms with Gasteiger partial charge in [-0.3, -0.25) is 4.98 Å². The highest BCUT2D eigenvalue weighted by molar-refractivity contribution is 7.17. The van der Waals surface area contributed by atoms with Crippen LogP contribution in [-0.4, -0.2) is 11.5 Å². The van der Waals surface area contributed by atoms with Crippen LogP contribution in [0.15, 0.2) is 54.2 Å². The Labute approximate surface area is 117 Å². The number of fused-ring (bicyclic) bond motifs is 1. The molecule has 0 saturated heterocycles. The summed E-state index contributed by atoms with van der Waals surface area (Å²) in [7, 11) is 0. The molecule has 0 fully saturated rings. The van der Waals surface area contributed by atoms with E-state index in [9.17, 15) is 0 Å². The smallest absolute Gasteiger partial charge is 0.0606 e. The van der Waals surface area contributed by atoms with Crippen LogP contribution in [0.2, 0.25) is 0 Å². The molecule has 3 aromatic rings. The Kier molecular flexibility index (Phi) is 3.58. The van der Waals surface area contributed by atoms with Crippen molar-refractivity contribution in [3.8, 4) is 0 Å². The van der Waals surface area contributed by atoms with Gasteiger partial charge in [0.25, 0.3) is 0 Å². The Morgan fingerprint density at radius 3 is 2.89 bits per heavy atom. The zero-order valence-electron chi connectivity index (χ0n) is 10.8. The van der Waals surface area contributed by atoms with Crippen LogP contribution in [0, 0.1) is 0 Å². The highest BCUT2D eigenvalue weighted by Crippen LogP contribution is 2.33. The molecule has 0 aliphatic heterocycles. The summed E-state index contributed by atoms with van der Waals surface area (Å²) in [6, 6.07) is 12.9. The molecule has 0 spiro atoms. The summed E-state index contributed by atoms with van der Waals surface area (Å²) in [6.07, 6.45) is 3.76. The molecule has 19 heavy (non-hydrogen) atoms. The van der Waals surface area contributed by atoms with Crippen LogP contribution in [0.3, 0.4) is 0 Å². The van der Waals surface area contributed by atoms with Crippen molar-refractivity contribution in [2.75, 3.05) is 6.54 Å². The second-order valence-corrected chi connectivity index (χ2v) is 5.38. The molecule has 0 amide bonds. The van der Waals surface area contributed by atoms with Crippen LogP contribution in [0.5, 0.6) is 0 Å². The van der Waals surface area contributed by atoms with Gasteiger partial charge >= 0.3 is 0 Å². The van der Waals surface area contributed by atoms with Crippen molar-refractivity contribution in [2.24, 2.45) is 0 Å². The van der Waals surface area contributed by atoms with E-state index in [2.05, 4.69) is 52.9 Å². The first-order chi connectivity index (χ1) is 9.40. The summed E-state index contributed by atoms with van der Waals surface area (Å²) in [6.45, 7) is 3.07. The Hall–Kier alpha value is -1.71. The van der Waals surface area contributed by atoms with Crippen LogP contribution < -0.4 is 5.32 Å². The quantitative estimate of drug-likeness (QED) is 0.773. The molecular weight excluding hydrogens is 252 g/mol. The topological polar surface area (TPSA) is 24.9 Å². The standard InChI is InChI=1S/C16H16N2S/c1-2-18-16(12-6-5-9-17-10-12)14-11-19-15-8-4-3-7-13(14)15/h3-11,16,18H,2H2,1H3. The van der Waals surface area contributed by atoms with E-state index < -0.39 is 0 Å². The number of benzene rings is 1. The molecule has 1 unspecified atom stereocenters. The van der Waals surface area contributed by atoms with Gasteiger partial charge in [0.15, 0.2) is 0 Å². The van der Waals surface area contributed by atoms with Gasteiger partial charge in [0.2, 0.25) is 0 Å². The van der Waals surface area contributed by atoms with Gasteiger partial charge in [-0.05, 0) is 40.6 Å². The molecule has 0 saturated carbocycles. The summed E-state index contributed by atoms with van der Waals surface area (Å²) in [5.74, 6) is 0. The van der Waals surface area contributed by atoms with Crippen LogP contribution in [0.1, 0.15) is 24.1 Å². The lowest BCUT2D eigenvalue weighted by Gasteiger charge is -2.17. The van der Waals surface area contributed by atoms with Crippen LogP contribution in [0.4, 0.5) is 0 Å². The lowest BCUT2D eigenvalue weighted by atomic mass is 9.99. The Bertz CT molecular complexity index is 661. The van der Waals surface area contributed by atoms with Crippen molar-refractivity contribution >= 4 is 21.4 Å². The van der Waals surface area contributed by atoms with Crippen LogP contribution in [-0.2, 0) is 0 Å². The molecule has 2 aromatic heterocycles. The summed E-state index contributed by atoms with van der Waals surface area (Å²) in [5.41, 5.74) is 2.56. The minimum absolute atomic E-state index is 0.217. The molecule has 0 bridgehead atoms. The second-order valence-electron chi connectivity index (χ2n) is 4.46. The first kappa shape index (κ1) is 12.3. The molecule has 1 aromatic carbocycles. The van der Waals surface area contributed by atoms with E-state index in [4.69, 9.17) is 0 Å². The number of rotatable bonds is 4. The molecule has 96 valence electrons. The number of nitrogens with zero attached hydrogens (tertiary/aromatic N) is 1. The summed E-state index contributed by atoms with van der Waals surface area (Å²) >= 11 is 1.80. The Morgan fingerprint density at radius 1 is 1.21 bits per heavy atom. The number of nitrogens with one attached hydrogen (secondary N) is 1. The number of hydrogen-bond acceptors (Lipinski definition) is 3. The number of hydrogen-bond donors (Lipinski definition) is 1. The highest BCUT2D eigenvalue weighted by Gasteiger charge is 2.16. The molecule has 2 heterocycles. The van der Waals surface area contributed by atoms with Crippen molar-refractivity contribution in [2.45, 2.75) is 13.0 Å². The fraction of sp³-hybridized carbons (Fsp3) is 0.188. The maximum atomic E-state index is 4.24. The molecule has 0 radical (unpaired) electrons. The zero-order valence-corrected chi connectivity index (χ0v) is 11.7. The van der Waals surface area contributed by atoms with Crippen molar-refractivity contribution in [1.82, 2.24) is 10.3 Å². The summed E-state index contributed by atoms with van der Waals surface area (Å²) < 4.78 is 1.34. The fourth-order valence-electron chi connectivity index (χ4n) is 2.38. The van der Waals surface area contributed by atoms with E-state index in [0.717, 1.165) is 6.54 Å². The van der Waals surface area contributed by atoms with Gasteiger partial charge in [0, 0.05) is 17.1 Å². The molecule has 1 N–H and O–H groups in total. The minimum atomic E-state index is 0.217. The zero-order chi connectivity index (χ0) is 13.1. The van der Waals surface area contributed by atoms with Gasteiger partial charge < -0.3 is 5.32 Å². The van der Waals surface area contributed by atoms with E-state index >= 15 is 0 Å². The summed E-state index contributed by atoms with van der Waals surface area (Å²) in [4.78, 5) is 4.24. The maximum absolute atomic E-state index is 4.24. The van der Waals surface area contributed by atoms with Crippen molar-refractivity contribution in [1.29, 1.82) is 0 Å². The Balaban J connectivity index is 2.10. The molecule has 1 atom stereocenters. The van der Waals surface area contributed by atoms with Crippen molar-refractivity contribution in [3.63, 3.8) is 0 Å². The van der Waals surface area contributed by atoms with Gasteiger partial charge in [-0.1, -0.05) is 31.2 Å². The van der Waals surface area contributed by atoms with Gasteiger partial charge in [0.1, 0.15) is 0 Å². The molecule has 0 aliphatic carbocycles. The van der Waals surface area contributed by atoms with Crippen LogP contribution in [0.25, 0.3) is 10.1 Å². The lowest BCUT2D eigenvalue weighted by molar-refractivity contribution is 0.634. The lowest BCUT2D eigenvalue weighted by Crippen LogP contribution is -2.21. The number of thiophene rings is 1. The first-order valence-electron chi connectivity index (χ1n) is 6.49. The predicted molar refractivity (Wildman–Crippen MR) is 81.6 cm³/mol.